The fourth-order valence-corrected chi connectivity index (χ4v) is 4.62. The van der Waals surface area contributed by atoms with Crippen molar-refractivity contribution in [1.82, 2.24) is 14.9 Å². The van der Waals surface area contributed by atoms with Crippen molar-refractivity contribution in [2.24, 2.45) is 0 Å². The van der Waals surface area contributed by atoms with Crippen LogP contribution in [0.1, 0.15) is 59.9 Å². The van der Waals surface area contributed by atoms with E-state index in [0.29, 0.717) is 29.7 Å². The number of nitrogens with one attached hydrogen (secondary N) is 1. The molecule has 6 heteroatoms. The number of carbonyl (C=O) groups is 1. The summed E-state index contributed by atoms with van der Waals surface area (Å²) in [4.78, 5) is 17.3. The molecule has 0 spiro atoms. The number of aromatic nitrogens is 2. The molecule has 1 amide bonds. The fourth-order valence-electron chi connectivity index (χ4n) is 4.40. The summed E-state index contributed by atoms with van der Waals surface area (Å²) in [5.41, 5.74) is 5.08. The number of hydrogen-bond donors (Lipinski definition) is 1. The lowest BCUT2D eigenvalue weighted by Gasteiger charge is -2.15. The Balaban J connectivity index is 1.36. The highest BCUT2D eigenvalue weighted by Crippen LogP contribution is 2.28. The van der Waals surface area contributed by atoms with Crippen molar-refractivity contribution >= 4 is 28.5 Å². The molecule has 0 unspecified atom stereocenters. The Morgan fingerprint density at radius 1 is 1.06 bits per heavy atom. The van der Waals surface area contributed by atoms with Gasteiger partial charge in [-0.05, 0) is 67.1 Å². The Kier molecular flexibility index (Phi) is 8.65. The van der Waals surface area contributed by atoms with Crippen molar-refractivity contribution in [2.45, 2.75) is 52.5 Å². The molecule has 1 heterocycles. The van der Waals surface area contributed by atoms with E-state index in [9.17, 15) is 4.79 Å². The summed E-state index contributed by atoms with van der Waals surface area (Å²) in [6, 6.07) is 21.8. The molecule has 0 bridgehead atoms. The van der Waals surface area contributed by atoms with Gasteiger partial charge in [0.05, 0.1) is 28.2 Å². The van der Waals surface area contributed by atoms with Crippen LogP contribution in [0, 0.1) is 6.92 Å². The molecule has 4 rings (SSSR count). The maximum Gasteiger partial charge on any atom is 0.252 e. The molecule has 0 aliphatic rings. The Labute approximate surface area is 218 Å². The maximum atomic E-state index is 12.4. The molecule has 0 aliphatic heterocycles. The van der Waals surface area contributed by atoms with Crippen LogP contribution in [0.4, 0.5) is 0 Å². The average molecular weight is 504 g/mol. The predicted molar refractivity (Wildman–Crippen MR) is 147 cm³/mol. The molecule has 1 N–H and O–H groups in total. The van der Waals surface area contributed by atoms with Crippen LogP contribution < -0.4 is 10.1 Å². The molecule has 0 atom stereocenters. The van der Waals surface area contributed by atoms with Gasteiger partial charge >= 0.3 is 0 Å². The van der Waals surface area contributed by atoms with Gasteiger partial charge in [0.2, 0.25) is 0 Å². The Hall–Kier alpha value is -3.31. The summed E-state index contributed by atoms with van der Waals surface area (Å²) in [6.07, 6.45) is 2.44. The second-order valence-corrected chi connectivity index (χ2v) is 9.81. The lowest BCUT2D eigenvalue weighted by molar-refractivity contribution is 0.0953. The number of halogens is 1. The molecular formula is C30H34ClN3O2. The molecule has 1 aromatic heterocycles. The number of nitrogens with zero attached hydrogens (tertiary/aromatic N) is 2. The van der Waals surface area contributed by atoms with E-state index in [1.54, 1.807) is 12.1 Å². The van der Waals surface area contributed by atoms with Gasteiger partial charge in [0.15, 0.2) is 0 Å². The van der Waals surface area contributed by atoms with Crippen LogP contribution in [0.15, 0.2) is 66.7 Å². The van der Waals surface area contributed by atoms with Crippen LogP contribution in [-0.2, 0) is 13.0 Å². The van der Waals surface area contributed by atoms with Crippen LogP contribution in [0.3, 0.4) is 0 Å². The van der Waals surface area contributed by atoms with Crippen molar-refractivity contribution < 1.29 is 9.53 Å². The van der Waals surface area contributed by atoms with Crippen molar-refractivity contribution in [3.05, 3.63) is 94.3 Å². The summed E-state index contributed by atoms with van der Waals surface area (Å²) < 4.78 is 8.50. The third kappa shape index (κ3) is 6.27. The Bertz CT molecular complexity index is 1330. The molecule has 0 saturated heterocycles. The highest BCUT2D eigenvalue weighted by Gasteiger charge is 2.13. The Morgan fingerprint density at radius 3 is 2.64 bits per heavy atom. The van der Waals surface area contributed by atoms with E-state index in [0.717, 1.165) is 48.4 Å². The molecule has 188 valence electrons. The number of imidazole rings is 1. The van der Waals surface area contributed by atoms with Crippen molar-refractivity contribution in [2.75, 3.05) is 13.2 Å². The molecule has 5 nitrogen and oxygen atoms in total. The number of aryl methyl sites for hydroxylation is 3. The highest BCUT2D eigenvalue weighted by molar-refractivity contribution is 6.33. The highest BCUT2D eigenvalue weighted by atomic mass is 35.5. The molecular weight excluding hydrogens is 470 g/mol. The molecule has 3 aromatic carbocycles. The van der Waals surface area contributed by atoms with E-state index in [1.165, 1.54) is 11.1 Å². The van der Waals surface area contributed by atoms with E-state index in [1.807, 2.05) is 30.3 Å². The predicted octanol–water partition coefficient (Wildman–Crippen LogP) is 6.95. The van der Waals surface area contributed by atoms with Crippen molar-refractivity contribution in [1.29, 1.82) is 0 Å². The smallest absolute Gasteiger partial charge is 0.252 e. The number of hydrogen-bond acceptors (Lipinski definition) is 3. The molecule has 0 fully saturated rings. The van der Waals surface area contributed by atoms with E-state index < -0.39 is 0 Å². The number of rotatable bonds is 11. The monoisotopic (exact) mass is 503 g/mol. The van der Waals surface area contributed by atoms with Crippen molar-refractivity contribution in [3.8, 4) is 5.75 Å². The zero-order valence-electron chi connectivity index (χ0n) is 21.3. The summed E-state index contributed by atoms with van der Waals surface area (Å²) in [7, 11) is 0. The molecule has 0 saturated carbocycles. The van der Waals surface area contributed by atoms with Gasteiger partial charge in [0.1, 0.15) is 11.6 Å². The number of fused-ring (bicyclic) bond motifs is 1. The van der Waals surface area contributed by atoms with Gasteiger partial charge in [0, 0.05) is 19.5 Å². The lowest BCUT2D eigenvalue weighted by atomic mass is 10.0. The van der Waals surface area contributed by atoms with Crippen LogP contribution >= 0.6 is 11.6 Å². The first kappa shape index (κ1) is 25.8. The quantitative estimate of drug-likeness (QED) is 0.225. The summed E-state index contributed by atoms with van der Waals surface area (Å²) in [6.45, 7) is 8.50. The second kappa shape index (κ2) is 12.1. The first-order valence-electron chi connectivity index (χ1n) is 12.6. The van der Waals surface area contributed by atoms with Crippen molar-refractivity contribution in [3.63, 3.8) is 0 Å². The second-order valence-electron chi connectivity index (χ2n) is 9.41. The Morgan fingerprint density at radius 2 is 1.83 bits per heavy atom. The van der Waals surface area contributed by atoms with E-state index in [4.69, 9.17) is 21.3 Å². The van der Waals surface area contributed by atoms with Gasteiger partial charge < -0.3 is 14.6 Å². The maximum absolute atomic E-state index is 12.4. The average Bonchev–Trinajstić information content (AvgIpc) is 3.21. The SMILES string of the molecule is Cc1ccc(C(C)C)c(OCCCn2c(CCCNC(=O)c3ccccc3Cl)nc3ccccc32)c1. The van der Waals surface area contributed by atoms with E-state index in [-0.39, 0.29) is 5.91 Å². The first-order valence-corrected chi connectivity index (χ1v) is 13.0. The largest absolute Gasteiger partial charge is 0.493 e. The fraction of sp³-hybridized carbons (Fsp3) is 0.333. The third-order valence-corrected chi connectivity index (χ3v) is 6.62. The third-order valence-electron chi connectivity index (χ3n) is 6.29. The van der Waals surface area contributed by atoms with Crippen LogP contribution in [-0.4, -0.2) is 28.6 Å². The van der Waals surface area contributed by atoms with E-state index >= 15 is 0 Å². The molecule has 0 radical (unpaired) electrons. The van der Waals surface area contributed by atoms with Crippen LogP contribution in [0.25, 0.3) is 11.0 Å². The summed E-state index contributed by atoms with van der Waals surface area (Å²) in [5.74, 6) is 2.28. The van der Waals surface area contributed by atoms with Gasteiger partial charge in [-0.25, -0.2) is 4.98 Å². The van der Waals surface area contributed by atoms with Gasteiger partial charge in [-0.3, -0.25) is 4.79 Å². The van der Waals surface area contributed by atoms with Gasteiger partial charge in [-0.15, -0.1) is 0 Å². The first-order chi connectivity index (χ1) is 17.4. The van der Waals surface area contributed by atoms with Gasteiger partial charge in [0.25, 0.3) is 5.91 Å². The minimum absolute atomic E-state index is 0.150. The number of ether oxygens (including phenoxy) is 1. The summed E-state index contributed by atoms with van der Waals surface area (Å²) >= 11 is 6.14. The molecule has 4 aromatic rings. The van der Waals surface area contributed by atoms with Gasteiger partial charge in [-0.2, -0.15) is 0 Å². The minimum Gasteiger partial charge on any atom is -0.493 e. The van der Waals surface area contributed by atoms with Gasteiger partial charge in [-0.1, -0.05) is 61.8 Å². The minimum atomic E-state index is -0.150. The number of benzene rings is 3. The lowest BCUT2D eigenvalue weighted by Crippen LogP contribution is -2.25. The number of para-hydroxylation sites is 2. The van der Waals surface area contributed by atoms with Crippen LogP contribution in [0.2, 0.25) is 5.02 Å². The standard InChI is InChI=1S/C30H34ClN3O2/c1-21(2)23-16-15-22(3)20-28(23)36-19-9-18-34-27-13-7-6-12-26(27)33-29(34)14-8-17-32-30(35)24-10-4-5-11-25(24)31/h4-7,10-13,15-16,20-21H,8-9,14,17-19H2,1-3H3,(H,32,35). The molecule has 0 aliphatic carbocycles. The topological polar surface area (TPSA) is 56.1 Å². The normalized spacial score (nSPS) is 11.2. The van der Waals surface area contributed by atoms with E-state index in [2.05, 4.69) is 54.9 Å². The number of amides is 1. The van der Waals surface area contributed by atoms with Crippen LogP contribution in [0.5, 0.6) is 5.75 Å². The zero-order valence-corrected chi connectivity index (χ0v) is 22.0. The summed E-state index contributed by atoms with van der Waals surface area (Å²) in [5, 5.41) is 3.44. The molecule has 36 heavy (non-hydrogen) atoms. The number of carbonyl (C=O) groups excluding carboxylic acids is 1. The zero-order chi connectivity index (χ0) is 25.5.